The highest BCUT2D eigenvalue weighted by atomic mass is 16.3. The van der Waals surface area contributed by atoms with Gasteiger partial charge in [-0.1, -0.05) is 44.2 Å². The summed E-state index contributed by atoms with van der Waals surface area (Å²) < 4.78 is 1.86. The fraction of sp³-hybridized carbons (Fsp3) is 0.438. The van der Waals surface area contributed by atoms with Gasteiger partial charge in [0, 0.05) is 24.4 Å². The minimum Gasteiger partial charge on any atom is -0.392 e. The van der Waals surface area contributed by atoms with Crippen LogP contribution in [0.3, 0.4) is 0 Å². The predicted octanol–water partition coefficient (Wildman–Crippen LogP) is 2.69. The molecule has 0 spiro atoms. The Hall–Kier alpha value is -1.61. The van der Waals surface area contributed by atoms with E-state index in [9.17, 15) is 5.11 Å². The molecule has 1 aromatic heterocycles. The maximum absolute atomic E-state index is 10.5. The molecule has 102 valence electrons. The first-order valence-electron chi connectivity index (χ1n) is 6.72. The SMILES string of the molecule is Cn1nccc1CCC(O)C(C)(C)c1ccccc1. The molecule has 1 N–H and O–H groups in total. The van der Waals surface area contributed by atoms with Crippen molar-refractivity contribution in [1.82, 2.24) is 9.78 Å². The Morgan fingerprint density at radius 1 is 1.21 bits per heavy atom. The van der Waals surface area contributed by atoms with Crippen LogP contribution in [-0.2, 0) is 18.9 Å². The molecule has 1 aromatic carbocycles. The first-order valence-corrected chi connectivity index (χ1v) is 6.72. The molecule has 1 unspecified atom stereocenters. The Kier molecular flexibility index (Phi) is 4.05. The van der Waals surface area contributed by atoms with Gasteiger partial charge < -0.3 is 5.11 Å². The van der Waals surface area contributed by atoms with Gasteiger partial charge in [0.2, 0.25) is 0 Å². The zero-order valence-corrected chi connectivity index (χ0v) is 11.9. The van der Waals surface area contributed by atoms with Crippen molar-refractivity contribution in [2.45, 2.75) is 38.2 Å². The highest BCUT2D eigenvalue weighted by Gasteiger charge is 2.29. The monoisotopic (exact) mass is 258 g/mol. The molecular weight excluding hydrogens is 236 g/mol. The van der Waals surface area contributed by atoms with Crippen LogP contribution in [0.1, 0.15) is 31.5 Å². The van der Waals surface area contributed by atoms with Crippen LogP contribution in [0.25, 0.3) is 0 Å². The molecule has 0 saturated carbocycles. The van der Waals surface area contributed by atoms with Gasteiger partial charge in [-0.15, -0.1) is 0 Å². The van der Waals surface area contributed by atoms with Crippen LogP contribution in [0.2, 0.25) is 0 Å². The predicted molar refractivity (Wildman–Crippen MR) is 77.0 cm³/mol. The average molecular weight is 258 g/mol. The average Bonchev–Trinajstić information content (AvgIpc) is 2.82. The minimum atomic E-state index is -0.371. The van der Waals surface area contributed by atoms with Gasteiger partial charge in [0.15, 0.2) is 0 Å². The van der Waals surface area contributed by atoms with Gasteiger partial charge in [0.1, 0.15) is 0 Å². The smallest absolute Gasteiger partial charge is 0.0635 e. The van der Waals surface area contributed by atoms with E-state index in [1.54, 1.807) is 6.20 Å². The summed E-state index contributed by atoms with van der Waals surface area (Å²) in [5.41, 5.74) is 2.09. The first-order chi connectivity index (χ1) is 9.01. The summed E-state index contributed by atoms with van der Waals surface area (Å²) in [7, 11) is 1.93. The summed E-state index contributed by atoms with van der Waals surface area (Å²) in [4.78, 5) is 0. The third-order valence-electron chi connectivity index (χ3n) is 3.95. The number of aromatic nitrogens is 2. The van der Waals surface area contributed by atoms with Gasteiger partial charge in [-0.2, -0.15) is 5.10 Å². The van der Waals surface area contributed by atoms with Crippen LogP contribution >= 0.6 is 0 Å². The third kappa shape index (κ3) is 3.04. The molecule has 0 bridgehead atoms. The normalized spacial score (nSPS) is 13.5. The van der Waals surface area contributed by atoms with Crippen LogP contribution in [0.5, 0.6) is 0 Å². The van der Waals surface area contributed by atoms with E-state index in [0.29, 0.717) is 0 Å². The van der Waals surface area contributed by atoms with E-state index < -0.39 is 0 Å². The standard InChI is InChI=1S/C16H22N2O/c1-16(2,13-7-5-4-6-8-13)15(19)10-9-14-11-12-17-18(14)3/h4-8,11-12,15,19H,9-10H2,1-3H3. The molecule has 0 saturated heterocycles. The minimum absolute atomic E-state index is 0.236. The molecule has 2 rings (SSSR count). The number of hydrogen-bond donors (Lipinski definition) is 1. The van der Waals surface area contributed by atoms with Crippen molar-refractivity contribution in [3.05, 3.63) is 53.9 Å². The van der Waals surface area contributed by atoms with E-state index in [0.717, 1.165) is 18.5 Å². The molecule has 0 aliphatic carbocycles. The molecule has 1 heterocycles. The molecule has 1 atom stereocenters. The summed E-state index contributed by atoms with van der Waals surface area (Å²) in [5.74, 6) is 0. The fourth-order valence-electron chi connectivity index (χ4n) is 2.35. The van der Waals surface area contributed by atoms with Crippen molar-refractivity contribution < 1.29 is 5.11 Å². The lowest BCUT2D eigenvalue weighted by atomic mass is 9.77. The molecule has 0 aliphatic rings. The second kappa shape index (κ2) is 5.57. The largest absolute Gasteiger partial charge is 0.392 e. The lowest BCUT2D eigenvalue weighted by molar-refractivity contribution is 0.0910. The quantitative estimate of drug-likeness (QED) is 0.895. The Labute approximate surface area is 114 Å². The molecule has 0 radical (unpaired) electrons. The van der Waals surface area contributed by atoms with Crippen molar-refractivity contribution in [3.8, 4) is 0 Å². The number of aliphatic hydroxyl groups excluding tert-OH is 1. The maximum atomic E-state index is 10.5. The van der Waals surface area contributed by atoms with Crippen LogP contribution in [0.4, 0.5) is 0 Å². The topological polar surface area (TPSA) is 38.0 Å². The summed E-state index contributed by atoms with van der Waals surface area (Å²) in [5, 5.41) is 14.6. The van der Waals surface area contributed by atoms with Crippen LogP contribution in [0.15, 0.2) is 42.6 Å². The van der Waals surface area contributed by atoms with Crippen molar-refractivity contribution in [1.29, 1.82) is 0 Å². The Morgan fingerprint density at radius 3 is 2.47 bits per heavy atom. The zero-order chi connectivity index (χ0) is 13.9. The van der Waals surface area contributed by atoms with Gasteiger partial charge in [-0.05, 0) is 24.5 Å². The maximum Gasteiger partial charge on any atom is 0.0635 e. The number of aryl methyl sites for hydroxylation is 2. The fourth-order valence-corrected chi connectivity index (χ4v) is 2.35. The second-order valence-electron chi connectivity index (χ2n) is 5.59. The van der Waals surface area contributed by atoms with E-state index in [-0.39, 0.29) is 11.5 Å². The van der Waals surface area contributed by atoms with E-state index in [2.05, 4.69) is 31.1 Å². The van der Waals surface area contributed by atoms with Gasteiger partial charge in [-0.3, -0.25) is 4.68 Å². The van der Waals surface area contributed by atoms with Crippen molar-refractivity contribution in [2.24, 2.45) is 7.05 Å². The molecular formula is C16H22N2O. The molecule has 3 nitrogen and oxygen atoms in total. The molecule has 0 fully saturated rings. The number of benzene rings is 1. The summed E-state index contributed by atoms with van der Waals surface area (Å²) in [6, 6.07) is 12.2. The Balaban J connectivity index is 2.03. The van der Waals surface area contributed by atoms with Gasteiger partial charge in [-0.25, -0.2) is 0 Å². The molecule has 2 aromatic rings. The Bertz CT molecular complexity index is 517. The number of nitrogens with zero attached hydrogens (tertiary/aromatic N) is 2. The van der Waals surface area contributed by atoms with E-state index in [4.69, 9.17) is 0 Å². The van der Waals surface area contributed by atoms with Crippen LogP contribution in [-0.4, -0.2) is 21.0 Å². The summed E-state index contributed by atoms with van der Waals surface area (Å²) in [6.07, 6.45) is 3.00. The van der Waals surface area contributed by atoms with Crippen LogP contribution in [0, 0.1) is 0 Å². The third-order valence-corrected chi connectivity index (χ3v) is 3.95. The molecule has 19 heavy (non-hydrogen) atoms. The van der Waals surface area contributed by atoms with Crippen molar-refractivity contribution in [3.63, 3.8) is 0 Å². The highest BCUT2D eigenvalue weighted by molar-refractivity contribution is 5.25. The number of hydrogen-bond acceptors (Lipinski definition) is 2. The molecule has 0 amide bonds. The van der Waals surface area contributed by atoms with Gasteiger partial charge in [0.05, 0.1) is 6.10 Å². The second-order valence-corrected chi connectivity index (χ2v) is 5.59. The lowest BCUT2D eigenvalue weighted by Crippen LogP contribution is -2.34. The van der Waals surface area contributed by atoms with Gasteiger partial charge in [0.25, 0.3) is 0 Å². The molecule has 0 aliphatic heterocycles. The van der Waals surface area contributed by atoms with Crippen LogP contribution < -0.4 is 0 Å². The highest BCUT2D eigenvalue weighted by Crippen LogP contribution is 2.29. The van der Waals surface area contributed by atoms with Crippen molar-refractivity contribution >= 4 is 0 Å². The lowest BCUT2D eigenvalue weighted by Gasteiger charge is -2.31. The number of rotatable bonds is 5. The number of aliphatic hydroxyl groups is 1. The Morgan fingerprint density at radius 2 is 1.89 bits per heavy atom. The van der Waals surface area contributed by atoms with Crippen molar-refractivity contribution in [2.75, 3.05) is 0 Å². The van der Waals surface area contributed by atoms with E-state index in [1.807, 2.05) is 36.0 Å². The first kappa shape index (κ1) is 13.8. The zero-order valence-electron chi connectivity index (χ0n) is 11.9. The summed E-state index contributed by atoms with van der Waals surface area (Å²) >= 11 is 0. The summed E-state index contributed by atoms with van der Waals surface area (Å²) in [6.45, 7) is 4.19. The molecule has 3 heteroatoms. The van der Waals surface area contributed by atoms with E-state index >= 15 is 0 Å². The van der Waals surface area contributed by atoms with E-state index in [1.165, 1.54) is 5.56 Å². The van der Waals surface area contributed by atoms with Gasteiger partial charge >= 0.3 is 0 Å².